The van der Waals surface area contributed by atoms with Crippen LogP contribution in [0.5, 0.6) is 0 Å². The molecule has 0 aromatic heterocycles. The van der Waals surface area contributed by atoms with Gasteiger partial charge in [-0.2, -0.15) is 23.7 Å². The summed E-state index contributed by atoms with van der Waals surface area (Å²) in [7, 11) is 0. The van der Waals surface area contributed by atoms with Crippen molar-refractivity contribution in [3.8, 4) is 12.1 Å². The number of carboxylic acid groups (broad SMARTS) is 1. The number of nitrogens with two attached hydrogens (primary N) is 1. The number of halogens is 3. The third-order valence-corrected chi connectivity index (χ3v) is 5.47. The molecule has 0 saturated heterocycles. The Balaban J connectivity index is 2.33. The van der Waals surface area contributed by atoms with E-state index in [1.807, 2.05) is 12.1 Å². The molecule has 0 fully saturated rings. The van der Waals surface area contributed by atoms with Gasteiger partial charge in [0.15, 0.2) is 5.41 Å². The Morgan fingerprint density at radius 2 is 1.96 bits per heavy atom. The number of benzene rings is 1. The highest BCUT2D eigenvalue weighted by atomic mass is 19.4. The van der Waals surface area contributed by atoms with E-state index >= 15 is 0 Å². The van der Waals surface area contributed by atoms with Gasteiger partial charge in [-0.15, -0.1) is 0 Å². The van der Waals surface area contributed by atoms with E-state index < -0.39 is 40.7 Å². The van der Waals surface area contributed by atoms with E-state index in [0.29, 0.717) is 24.8 Å². The number of fused-ring (bicyclic) bond motifs is 1. The summed E-state index contributed by atoms with van der Waals surface area (Å²) in [6, 6.07) is 8.12. The van der Waals surface area contributed by atoms with Crippen LogP contribution >= 0.6 is 0 Å². The summed E-state index contributed by atoms with van der Waals surface area (Å²) in [4.78, 5) is 11.8. The van der Waals surface area contributed by atoms with E-state index in [9.17, 15) is 33.6 Å². The maximum absolute atomic E-state index is 13.2. The number of hydrogen-bond acceptors (Lipinski definition) is 4. The molecule has 3 N–H and O–H groups in total. The Kier molecular flexibility index (Phi) is 4.68. The normalized spacial score (nSPS) is 23.8. The summed E-state index contributed by atoms with van der Waals surface area (Å²) >= 11 is 0. The molecule has 0 unspecified atom stereocenters. The van der Waals surface area contributed by atoms with E-state index in [0.717, 1.165) is 12.1 Å². The first-order chi connectivity index (χ1) is 13.2. The zero-order chi connectivity index (χ0) is 20.7. The second kappa shape index (κ2) is 6.72. The molecule has 144 valence electrons. The molecule has 2 aliphatic carbocycles. The highest BCUT2D eigenvalue weighted by Gasteiger charge is 2.55. The Bertz CT molecular complexity index is 966. The van der Waals surface area contributed by atoms with E-state index in [4.69, 9.17) is 5.73 Å². The van der Waals surface area contributed by atoms with Crippen LogP contribution in [0.4, 0.5) is 13.2 Å². The van der Waals surface area contributed by atoms with Crippen LogP contribution < -0.4 is 5.73 Å². The summed E-state index contributed by atoms with van der Waals surface area (Å²) in [5.41, 5.74) is 2.89. The maximum atomic E-state index is 13.2. The first kappa shape index (κ1) is 19.5. The minimum absolute atomic E-state index is 0.142. The first-order valence-corrected chi connectivity index (χ1v) is 8.61. The van der Waals surface area contributed by atoms with Gasteiger partial charge >= 0.3 is 12.1 Å². The van der Waals surface area contributed by atoms with Gasteiger partial charge in [-0.1, -0.05) is 24.3 Å². The lowest BCUT2D eigenvalue weighted by molar-refractivity contribution is -0.137. The number of alkyl halides is 3. The number of carboxylic acids is 1. The molecule has 28 heavy (non-hydrogen) atoms. The van der Waals surface area contributed by atoms with E-state index in [-0.39, 0.29) is 11.1 Å². The van der Waals surface area contributed by atoms with Crippen LogP contribution in [0.3, 0.4) is 0 Å². The molecule has 0 radical (unpaired) electrons. The summed E-state index contributed by atoms with van der Waals surface area (Å²) in [5.74, 6) is -2.94. The van der Waals surface area contributed by atoms with E-state index in [2.05, 4.69) is 0 Å². The molecule has 0 aliphatic heterocycles. The zero-order valence-electron chi connectivity index (χ0n) is 14.6. The number of aliphatic carboxylic acids is 1. The predicted molar refractivity (Wildman–Crippen MR) is 92.1 cm³/mol. The molecule has 0 saturated carbocycles. The van der Waals surface area contributed by atoms with E-state index in [1.165, 1.54) is 12.1 Å². The summed E-state index contributed by atoms with van der Waals surface area (Å²) in [6.07, 6.45) is -1.18. The molecule has 2 atom stereocenters. The zero-order valence-corrected chi connectivity index (χ0v) is 14.6. The molecule has 1 aromatic carbocycles. The third-order valence-electron chi connectivity index (χ3n) is 5.47. The number of rotatable bonds is 2. The summed E-state index contributed by atoms with van der Waals surface area (Å²) in [5, 5.41) is 29.3. The van der Waals surface area contributed by atoms with Crippen LogP contribution in [0, 0.1) is 34.0 Å². The second-order valence-corrected chi connectivity index (χ2v) is 6.92. The fourth-order valence-corrected chi connectivity index (χ4v) is 4.27. The average molecular weight is 387 g/mol. The third kappa shape index (κ3) is 2.82. The number of allylic oxidation sites excluding steroid dienone is 2. The fraction of sp³-hybridized carbons (Fsp3) is 0.350. The number of carbonyl (C=O) groups is 1. The molecule has 0 bridgehead atoms. The van der Waals surface area contributed by atoms with Crippen molar-refractivity contribution >= 4 is 5.97 Å². The van der Waals surface area contributed by atoms with Crippen molar-refractivity contribution in [3.05, 3.63) is 58.3 Å². The molecule has 0 heterocycles. The molecule has 0 amide bonds. The molecule has 2 aliphatic rings. The van der Waals surface area contributed by atoms with Crippen LogP contribution in [0.25, 0.3) is 0 Å². The lowest BCUT2D eigenvalue weighted by Gasteiger charge is -2.43. The highest BCUT2D eigenvalue weighted by molar-refractivity contribution is 5.94. The molecular formula is C20H16F3N3O2. The molecular weight excluding hydrogens is 371 g/mol. The fourth-order valence-electron chi connectivity index (χ4n) is 4.27. The van der Waals surface area contributed by atoms with Gasteiger partial charge in [0.2, 0.25) is 0 Å². The predicted octanol–water partition coefficient (Wildman–Crippen LogP) is 3.86. The Morgan fingerprint density at radius 1 is 1.29 bits per heavy atom. The maximum Gasteiger partial charge on any atom is 0.416 e. The van der Waals surface area contributed by atoms with Crippen molar-refractivity contribution in [2.75, 3.05) is 0 Å². The Labute approximate surface area is 159 Å². The van der Waals surface area contributed by atoms with Crippen LogP contribution in [-0.2, 0) is 11.0 Å². The Hall–Kier alpha value is -3.26. The monoisotopic (exact) mass is 387 g/mol. The van der Waals surface area contributed by atoms with Gasteiger partial charge in [0.1, 0.15) is 0 Å². The van der Waals surface area contributed by atoms with Crippen molar-refractivity contribution in [2.45, 2.75) is 31.4 Å². The van der Waals surface area contributed by atoms with Crippen molar-refractivity contribution in [1.29, 1.82) is 10.5 Å². The molecule has 5 nitrogen and oxygen atoms in total. The van der Waals surface area contributed by atoms with Crippen molar-refractivity contribution in [1.82, 2.24) is 0 Å². The van der Waals surface area contributed by atoms with Gasteiger partial charge in [-0.05, 0) is 42.4 Å². The average Bonchev–Trinajstić information content (AvgIpc) is 2.66. The minimum Gasteiger partial charge on any atom is -0.478 e. The smallest absolute Gasteiger partial charge is 0.416 e. The topological polar surface area (TPSA) is 111 Å². The van der Waals surface area contributed by atoms with Crippen molar-refractivity contribution in [3.63, 3.8) is 0 Å². The summed E-state index contributed by atoms with van der Waals surface area (Å²) < 4.78 is 39.6. The van der Waals surface area contributed by atoms with Crippen LogP contribution in [0.15, 0.2) is 47.2 Å². The van der Waals surface area contributed by atoms with Gasteiger partial charge in [-0.3, -0.25) is 0 Å². The number of nitrogens with zero attached hydrogens (tertiary/aromatic N) is 2. The number of hydrogen-bond donors (Lipinski definition) is 2. The lowest BCUT2D eigenvalue weighted by atomic mass is 9.56. The minimum atomic E-state index is -4.59. The quantitative estimate of drug-likeness (QED) is 0.800. The standard InChI is InChI=1S/C20H16F3N3O2/c21-20(22,23)12-5-3-4-11(8-12)16-14-7-2-1-6-13(14)15(18(27)28)17(26)19(16,9-24)10-25/h3-6,8,14,16H,1-2,7,26H2,(H,27,28)/t14-,16-/m1/s1. The van der Waals surface area contributed by atoms with Crippen molar-refractivity contribution < 1.29 is 23.1 Å². The SMILES string of the molecule is N#CC1(C#N)C(N)=C(C(=O)O)C2=CCCC[C@H]2[C@H]1c1cccc(C(F)(F)F)c1. The van der Waals surface area contributed by atoms with E-state index in [1.54, 1.807) is 6.08 Å². The van der Waals surface area contributed by atoms with Crippen LogP contribution in [0.2, 0.25) is 0 Å². The Morgan fingerprint density at radius 3 is 2.54 bits per heavy atom. The lowest BCUT2D eigenvalue weighted by Crippen LogP contribution is -2.44. The van der Waals surface area contributed by atoms with Crippen molar-refractivity contribution in [2.24, 2.45) is 17.1 Å². The van der Waals surface area contributed by atoms with Gasteiger partial charge in [0, 0.05) is 5.92 Å². The molecule has 1 aromatic rings. The second-order valence-electron chi connectivity index (χ2n) is 6.92. The molecule has 3 rings (SSSR count). The largest absolute Gasteiger partial charge is 0.478 e. The van der Waals surface area contributed by atoms with Gasteiger partial charge in [0.05, 0.1) is 29.0 Å². The summed E-state index contributed by atoms with van der Waals surface area (Å²) in [6.45, 7) is 0. The van der Waals surface area contributed by atoms with Gasteiger partial charge in [-0.25, -0.2) is 4.79 Å². The van der Waals surface area contributed by atoms with Gasteiger partial charge in [0.25, 0.3) is 0 Å². The molecule has 8 heteroatoms. The van der Waals surface area contributed by atoms with Crippen LogP contribution in [-0.4, -0.2) is 11.1 Å². The van der Waals surface area contributed by atoms with Gasteiger partial charge < -0.3 is 10.8 Å². The highest BCUT2D eigenvalue weighted by Crippen LogP contribution is 2.56. The first-order valence-electron chi connectivity index (χ1n) is 8.61. The van der Waals surface area contributed by atoms with Crippen LogP contribution in [0.1, 0.15) is 36.3 Å². The number of nitriles is 2. The molecule has 0 spiro atoms.